The molecule has 71 heavy (non-hydrogen) atoms. The van der Waals surface area contributed by atoms with Crippen molar-refractivity contribution in [2.45, 2.75) is 78.6 Å². The number of benzene rings is 1. The number of nitrogens with zero attached hydrogens (tertiary/aromatic N) is 3. The molecule has 1 heterocycles. The fourth-order valence-electron chi connectivity index (χ4n) is 6.30. The smallest absolute Gasteiger partial charge is 0.410 e. The lowest BCUT2D eigenvalue weighted by Crippen LogP contribution is -2.45. The number of hydrogen-bond donors (Lipinski definition) is 4. The third-order valence-corrected chi connectivity index (χ3v) is 10.2. The lowest BCUT2D eigenvalue weighted by Gasteiger charge is -2.26. The fraction of sp³-hybridized carbons (Fsp3) is 0.667. The van der Waals surface area contributed by atoms with Crippen LogP contribution in [-0.2, 0) is 68.5 Å². The zero-order chi connectivity index (χ0) is 52.6. The van der Waals surface area contributed by atoms with Crippen LogP contribution >= 0.6 is 0 Å². The van der Waals surface area contributed by atoms with Gasteiger partial charge in [0.1, 0.15) is 12.2 Å². The van der Waals surface area contributed by atoms with Gasteiger partial charge in [0.15, 0.2) is 5.78 Å². The number of amides is 8. The Hall–Kier alpha value is -5.72. The number of primary amides is 1. The molecule has 1 aliphatic heterocycles. The average Bonchev–Trinajstić information content (AvgIpc) is 3.63. The highest BCUT2D eigenvalue weighted by Crippen LogP contribution is 2.20. The van der Waals surface area contributed by atoms with Crippen LogP contribution < -0.4 is 21.7 Å². The number of anilines is 1. The Balaban J connectivity index is 1.65. The molecule has 8 amide bonds. The second-order valence-electron chi connectivity index (χ2n) is 17.7. The first-order valence-corrected chi connectivity index (χ1v) is 23.8. The van der Waals surface area contributed by atoms with Crippen molar-refractivity contribution >= 4 is 53.3 Å². The summed E-state index contributed by atoms with van der Waals surface area (Å²) in [6.45, 7) is 13.5. The Morgan fingerprint density at radius 2 is 1.20 bits per heavy atom. The Bertz CT molecular complexity index is 1820. The molecule has 1 aromatic carbocycles. The maximum Gasteiger partial charge on any atom is 0.410 e. The van der Waals surface area contributed by atoms with Gasteiger partial charge in [-0.1, -0.05) is 26.0 Å². The summed E-state index contributed by atoms with van der Waals surface area (Å²) in [5.74, 6) is -2.89. The van der Waals surface area contributed by atoms with Gasteiger partial charge in [0, 0.05) is 70.3 Å². The van der Waals surface area contributed by atoms with Crippen LogP contribution in [0.1, 0.15) is 65.9 Å². The molecular formula is C48H77N7O16. The van der Waals surface area contributed by atoms with E-state index in [-0.39, 0.29) is 108 Å². The standard InChI is InChI=1S/C48H77N7O16/c1-35(2)43(52-40(57)16-21-64-23-25-66-27-29-68-31-32-69-30-28-67-26-24-65-22-20-55-41(58)14-15-42(55)59)39(56)33-37(9-8-17-50-45(49)61)44(60)51-38-12-10-36(11-13-38)34-70-46(62)53(6)18-19-54(7)47(63)71-48(3,4)5/h10-15,35,37,43H,8-9,16-34H2,1-7H3,(H,51,60)(H,52,57)(H3,49,50,61)/t37-,43+/m1/s1. The van der Waals surface area contributed by atoms with Crippen LogP contribution in [0, 0.1) is 11.8 Å². The Kier molecular flexibility index (Phi) is 29.9. The first-order chi connectivity index (χ1) is 33.8. The second-order valence-corrected chi connectivity index (χ2v) is 17.7. The number of Topliss-reactive ketones (excluding diaryl/α,β-unsaturated/α-hetero) is 1. The van der Waals surface area contributed by atoms with Crippen molar-refractivity contribution in [2.24, 2.45) is 17.6 Å². The van der Waals surface area contributed by atoms with Crippen LogP contribution in [0.5, 0.6) is 0 Å². The predicted octanol–water partition coefficient (Wildman–Crippen LogP) is 2.64. The van der Waals surface area contributed by atoms with Crippen LogP contribution in [0.3, 0.4) is 0 Å². The number of nitrogens with one attached hydrogen (secondary N) is 3. The van der Waals surface area contributed by atoms with E-state index in [1.54, 1.807) is 73.0 Å². The predicted molar refractivity (Wildman–Crippen MR) is 259 cm³/mol. The first-order valence-electron chi connectivity index (χ1n) is 23.8. The van der Waals surface area contributed by atoms with Gasteiger partial charge in [0.25, 0.3) is 11.8 Å². The lowest BCUT2D eigenvalue weighted by atomic mass is 9.89. The minimum atomic E-state index is -0.862. The number of nitrogens with two attached hydrogens (primary N) is 1. The molecule has 0 spiro atoms. The summed E-state index contributed by atoms with van der Waals surface area (Å²) < 4.78 is 43.5. The molecule has 2 atom stereocenters. The average molecular weight is 1010 g/mol. The van der Waals surface area contributed by atoms with Gasteiger partial charge < -0.3 is 69.4 Å². The van der Waals surface area contributed by atoms with E-state index < -0.39 is 41.7 Å². The van der Waals surface area contributed by atoms with Crippen molar-refractivity contribution in [1.29, 1.82) is 0 Å². The maximum atomic E-state index is 13.7. The van der Waals surface area contributed by atoms with E-state index in [2.05, 4.69) is 16.0 Å². The van der Waals surface area contributed by atoms with Crippen LogP contribution in [0.15, 0.2) is 36.4 Å². The molecule has 0 radical (unpaired) electrons. The van der Waals surface area contributed by atoms with E-state index in [9.17, 15) is 38.4 Å². The Morgan fingerprint density at radius 1 is 0.704 bits per heavy atom. The molecule has 1 aliphatic rings. The molecule has 0 aromatic heterocycles. The van der Waals surface area contributed by atoms with Gasteiger partial charge in [0.2, 0.25) is 11.8 Å². The minimum absolute atomic E-state index is 0.00374. The van der Waals surface area contributed by atoms with Crippen LogP contribution in [0.2, 0.25) is 0 Å². The number of imide groups is 1. The topological polar surface area (TPSA) is 282 Å². The molecule has 5 N–H and O–H groups in total. The fourth-order valence-corrected chi connectivity index (χ4v) is 6.30. The number of urea groups is 1. The van der Waals surface area contributed by atoms with Crippen molar-refractivity contribution in [3.63, 3.8) is 0 Å². The molecule has 2 rings (SSSR count). The van der Waals surface area contributed by atoms with Crippen molar-refractivity contribution in [1.82, 2.24) is 25.3 Å². The second kappa shape index (κ2) is 34.6. The lowest BCUT2D eigenvalue weighted by molar-refractivity contribution is -0.137. The van der Waals surface area contributed by atoms with Gasteiger partial charge in [-0.25, -0.2) is 14.4 Å². The number of ketones is 1. The van der Waals surface area contributed by atoms with Gasteiger partial charge in [-0.2, -0.15) is 0 Å². The van der Waals surface area contributed by atoms with E-state index in [1.807, 2.05) is 0 Å². The highest BCUT2D eigenvalue weighted by Gasteiger charge is 2.30. The summed E-state index contributed by atoms with van der Waals surface area (Å²) in [5.41, 5.74) is 5.66. The molecule has 0 unspecified atom stereocenters. The Labute approximate surface area is 417 Å². The van der Waals surface area contributed by atoms with E-state index in [0.717, 1.165) is 4.90 Å². The third-order valence-electron chi connectivity index (χ3n) is 10.2. The van der Waals surface area contributed by atoms with Crippen molar-refractivity contribution in [2.75, 3.05) is 125 Å². The number of likely N-dealkylation sites (N-methyl/N-ethyl adjacent to an activating group) is 2. The number of hydrogen-bond acceptors (Lipinski definition) is 16. The third kappa shape index (κ3) is 28.1. The van der Waals surface area contributed by atoms with Gasteiger partial charge >= 0.3 is 18.2 Å². The SMILES string of the molecule is CC(C)[C@H](NC(=O)CCOCCOCCOCCOCCOCCOCCN1C(=O)C=CC1=O)C(=O)C[C@@H](CCCNC(N)=O)C(=O)Nc1ccc(COC(=O)N(C)CCN(C)C(=O)OC(C)(C)C)cc1. The summed E-state index contributed by atoms with van der Waals surface area (Å²) in [5, 5.41) is 8.13. The number of rotatable bonds is 37. The number of carbonyl (C=O) groups excluding carboxylic acids is 8. The van der Waals surface area contributed by atoms with E-state index in [0.29, 0.717) is 70.5 Å². The van der Waals surface area contributed by atoms with Crippen LogP contribution in [0.25, 0.3) is 0 Å². The van der Waals surface area contributed by atoms with E-state index in [4.69, 9.17) is 43.6 Å². The summed E-state index contributed by atoms with van der Waals surface area (Å²) in [6, 6.07) is 5.08. The van der Waals surface area contributed by atoms with Gasteiger partial charge in [-0.15, -0.1) is 0 Å². The van der Waals surface area contributed by atoms with Gasteiger partial charge in [-0.05, 0) is 57.2 Å². The molecule has 23 heteroatoms. The maximum absolute atomic E-state index is 13.7. The van der Waals surface area contributed by atoms with Crippen molar-refractivity contribution in [3.8, 4) is 0 Å². The zero-order valence-electron chi connectivity index (χ0n) is 42.5. The molecule has 1 aromatic rings. The molecule has 0 bridgehead atoms. The summed E-state index contributed by atoms with van der Waals surface area (Å²) in [4.78, 5) is 103. The Morgan fingerprint density at radius 3 is 1.69 bits per heavy atom. The molecule has 0 fully saturated rings. The monoisotopic (exact) mass is 1010 g/mol. The van der Waals surface area contributed by atoms with E-state index >= 15 is 0 Å². The highest BCUT2D eigenvalue weighted by molar-refractivity contribution is 6.12. The first kappa shape index (κ1) is 61.4. The summed E-state index contributed by atoms with van der Waals surface area (Å²) >= 11 is 0. The normalized spacial score (nSPS) is 13.2. The molecule has 0 saturated carbocycles. The molecule has 400 valence electrons. The molecule has 0 saturated heterocycles. The van der Waals surface area contributed by atoms with E-state index in [1.165, 1.54) is 22.0 Å². The molecular weight excluding hydrogens is 931 g/mol. The largest absolute Gasteiger partial charge is 0.445 e. The van der Waals surface area contributed by atoms with Crippen molar-refractivity contribution < 1.29 is 76.3 Å². The quantitative estimate of drug-likeness (QED) is 0.0551. The number of ether oxygens (including phenoxy) is 8. The zero-order valence-corrected chi connectivity index (χ0v) is 42.5. The van der Waals surface area contributed by atoms with Crippen molar-refractivity contribution in [3.05, 3.63) is 42.0 Å². The van der Waals surface area contributed by atoms with Crippen LogP contribution in [-0.4, -0.2) is 194 Å². The minimum Gasteiger partial charge on any atom is -0.445 e. The molecule has 0 aliphatic carbocycles. The summed E-state index contributed by atoms with van der Waals surface area (Å²) in [7, 11) is 3.14. The summed E-state index contributed by atoms with van der Waals surface area (Å²) in [6.07, 6.45) is 1.81. The van der Waals surface area contributed by atoms with Gasteiger partial charge in [-0.3, -0.25) is 28.9 Å². The van der Waals surface area contributed by atoms with Crippen LogP contribution in [0.4, 0.5) is 20.1 Å². The van der Waals surface area contributed by atoms with Gasteiger partial charge in [0.05, 0.1) is 91.9 Å². The highest BCUT2D eigenvalue weighted by atomic mass is 16.6. The number of carbonyl (C=O) groups is 8. The molecule has 23 nitrogen and oxygen atoms in total.